The Balaban J connectivity index is 2.61. The van der Waals surface area contributed by atoms with Crippen LogP contribution >= 0.6 is 24.3 Å². The van der Waals surface area contributed by atoms with E-state index in [0.717, 1.165) is 5.56 Å². The van der Waals surface area contributed by atoms with Crippen LogP contribution in [-0.2, 0) is 4.18 Å². The van der Waals surface area contributed by atoms with E-state index in [9.17, 15) is 0 Å². The molecule has 0 aliphatic rings. The molecule has 0 aromatic heterocycles. The third-order valence-corrected chi connectivity index (χ3v) is 1.91. The minimum atomic E-state index is 0.335. The van der Waals surface area contributed by atoms with Crippen LogP contribution in [0.1, 0.15) is 5.56 Å². The molecule has 1 rings (SSSR count). The van der Waals surface area contributed by atoms with Crippen LogP contribution in [0.15, 0.2) is 30.3 Å². The second-order valence-electron chi connectivity index (χ2n) is 1.91. The number of hydrogen-bond acceptors (Lipinski definition) is 4. The maximum atomic E-state index is 8.19. The van der Waals surface area contributed by atoms with Crippen LogP contribution in [0.25, 0.3) is 0 Å². The summed E-state index contributed by atoms with van der Waals surface area (Å²) in [6.07, 6.45) is 0. The second-order valence-corrected chi connectivity index (χ2v) is 2.80. The average molecular weight is 195 g/mol. The lowest BCUT2D eigenvalue weighted by Gasteiger charge is -1.99. The summed E-state index contributed by atoms with van der Waals surface area (Å²) in [5.41, 5.74) is 0.815. The molecule has 2 nitrogen and oxygen atoms in total. The molecule has 0 saturated carbocycles. The van der Waals surface area contributed by atoms with Crippen molar-refractivity contribution >= 4 is 29.3 Å². The molecule has 0 bridgehead atoms. The van der Waals surface area contributed by atoms with Crippen LogP contribution in [0.5, 0.6) is 0 Å². The number of nitrogens with zero attached hydrogens (tertiary/aromatic N) is 1. The lowest BCUT2D eigenvalue weighted by molar-refractivity contribution is 0.672. The van der Waals surface area contributed by atoms with E-state index in [1.54, 1.807) is 5.40 Å². The summed E-state index contributed by atoms with van der Waals surface area (Å²) in [4.78, 5) is 0. The van der Waals surface area contributed by atoms with E-state index in [1.807, 2.05) is 30.3 Å². The Bertz CT molecular complexity index is 305. The molecule has 0 N–H and O–H groups in total. The normalized spacial score (nSPS) is 8.58. The average Bonchev–Trinajstić information content (AvgIpc) is 2.15. The van der Waals surface area contributed by atoms with Crippen molar-refractivity contribution in [3.63, 3.8) is 0 Å². The van der Waals surface area contributed by atoms with Crippen LogP contribution in [0, 0.1) is 10.7 Å². The molecule has 4 heteroatoms. The third kappa shape index (κ3) is 2.53. The van der Waals surface area contributed by atoms with Crippen LogP contribution in [0.3, 0.4) is 0 Å². The maximum Gasteiger partial charge on any atom is 0.209 e. The molecule has 0 heterocycles. The fourth-order valence-corrected chi connectivity index (χ4v) is 1.13. The van der Waals surface area contributed by atoms with Gasteiger partial charge < -0.3 is 4.18 Å². The number of thiocyanates is 1. The fraction of sp³-hybridized carbons (Fsp3) is 0. The highest BCUT2D eigenvalue weighted by atomic mass is 32.2. The number of benzene rings is 1. The summed E-state index contributed by atoms with van der Waals surface area (Å²) in [6, 6.07) is 9.29. The summed E-state index contributed by atoms with van der Waals surface area (Å²) >= 11 is 5.57. The SMILES string of the molecule is N#CSOC(=S)c1ccccc1. The summed E-state index contributed by atoms with van der Waals surface area (Å²) in [6.45, 7) is 0. The lowest BCUT2D eigenvalue weighted by atomic mass is 10.2. The van der Waals surface area contributed by atoms with Gasteiger partial charge in [0.25, 0.3) is 0 Å². The molecule has 12 heavy (non-hydrogen) atoms. The molecule has 0 radical (unpaired) electrons. The molecule has 0 aliphatic carbocycles. The number of rotatable bonds is 2. The van der Waals surface area contributed by atoms with Crippen molar-refractivity contribution in [1.29, 1.82) is 5.26 Å². The van der Waals surface area contributed by atoms with E-state index < -0.39 is 0 Å². The Labute approximate surface area is 80.4 Å². The van der Waals surface area contributed by atoms with Gasteiger partial charge in [0.2, 0.25) is 5.05 Å². The Morgan fingerprint density at radius 2 is 2.08 bits per heavy atom. The molecule has 0 spiro atoms. The van der Waals surface area contributed by atoms with Crippen molar-refractivity contribution < 1.29 is 4.18 Å². The van der Waals surface area contributed by atoms with Crippen molar-refractivity contribution in [1.82, 2.24) is 0 Å². The zero-order valence-electron chi connectivity index (χ0n) is 6.06. The van der Waals surface area contributed by atoms with Gasteiger partial charge in [-0.3, -0.25) is 0 Å². The topological polar surface area (TPSA) is 33.0 Å². The van der Waals surface area contributed by atoms with Crippen molar-refractivity contribution in [3.8, 4) is 5.40 Å². The van der Waals surface area contributed by atoms with Gasteiger partial charge in [0, 0.05) is 5.56 Å². The Kier molecular flexibility index (Phi) is 3.58. The first-order chi connectivity index (χ1) is 5.84. The Morgan fingerprint density at radius 3 is 2.67 bits per heavy atom. The van der Waals surface area contributed by atoms with E-state index in [2.05, 4.69) is 0 Å². The maximum absolute atomic E-state index is 8.19. The second kappa shape index (κ2) is 4.75. The molecule has 0 fully saturated rings. The van der Waals surface area contributed by atoms with E-state index in [1.165, 1.54) is 0 Å². The van der Waals surface area contributed by atoms with Crippen molar-refractivity contribution in [2.45, 2.75) is 0 Å². The number of nitriles is 1. The van der Waals surface area contributed by atoms with Crippen LogP contribution in [0.2, 0.25) is 0 Å². The predicted molar refractivity (Wildman–Crippen MR) is 52.4 cm³/mol. The monoisotopic (exact) mass is 195 g/mol. The molecule has 0 unspecified atom stereocenters. The Hall–Kier alpha value is -1.05. The molecule has 0 atom stereocenters. The van der Waals surface area contributed by atoms with Gasteiger partial charge in [0.05, 0.1) is 0 Å². The van der Waals surface area contributed by atoms with E-state index >= 15 is 0 Å². The highest BCUT2D eigenvalue weighted by Gasteiger charge is 2.00. The predicted octanol–water partition coefficient (Wildman–Crippen LogP) is 2.51. The largest absolute Gasteiger partial charge is 0.398 e. The quantitative estimate of drug-likeness (QED) is 0.412. The molecular formula is C8H5NOS2. The van der Waals surface area contributed by atoms with Gasteiger partial charge >= 0.3 is 0 Å². The van der Waals surface area contributed by atoms with Gasteiger partial charge in [-0.25, -0.2) is 0 Å². The molecule has 1 aromatic rings. The van der Waals surface area contributed by atoms with Crippen molar-refractivity contribution in [2.24, 2.45) is 0 Å². The molecular weight excluding hydrogens is 190 g/mol. The zero-order valence-corrected chi connectivity index (χ0v) is 7.69. The minimum absolute atomic E-state index is 0.335. The van der Waals surface area contributed by atoms with Gasteiger partial charge in [-0.2, -0.15) is 5.26 Å². The third-order valence-electron chi connectivity index (χ3n) is 1.16. The van der Waals surface area contributed by atoms with Crippen molar-refractivity contribution in [3.05, 3.63) is 35.9 Å². The van der Waals surface area contributed by atoms with Crippen LogP contribution in [-0.4, -0.2) is 5.05 Å². The van der Waals surface area contributed by atoms with Crippen molar-refractivity contribution in [2.75, 3.05) is 0 Å². The van der Waals surface area contributed by atoms with E-state index in [0.29, 0.717) is 17.1 Å². The first-order valence-electron chi connectivity index (χ1n) is 3.16. The van der Waals surface area contributed by atoms with Gasteiger partial charge in [-0.1, -0.05) is 30.3 Å². The first kappa shape index (κ1) is 9.04. The molecule has 60 valence electrons. The smallest absolute Gasteiger partial charge is 0.209 e. The van der Waals surface area contributed by atoms with E-state index in [-0.39, 0.29) is 0 Å². The summed E-state index contributed by atoms with van der Waals surface area (Å²) in [5, 5.41) is 10.3. The van der Waals surface area contributed by atoms with Gasteiger partial charge in [-0.05, 0) is 12.2 Å². The molecule has 0 saturated heterocycles. The molecule has 1 aromatic carbocycles. The highest BCUT2D eigenvalue weighted by Crippen LogP contribution is 2.08. The molecule has 0 amide bonds. The van der Waals surface area contributed by atoms with Gasteiger partial charge in [-0.15, -0.1) is 0 Å². The number of hydrogen-bond donors (Lipinski definition) is 0. The summed E-state index contributed by atoms with van der Waals surface area (Å²) < 4.78 is 4.86. The van der Waals surface area contributed by atoms with Crippen LogP contribution in [0.4, 0.5) is 0 Å². The number of thiocarbonyl (C=S) groups is 1. The van der Waals surface area contributed by atoms with Gasteiger partial charge in [0.1, 0.15) is 0 Å². The summed E-state index contributed by atoms with van der Waals surface area (Å²) in [7, 11) is 0. The zero-order chi connectivity index (χ0) is 8.81. The van der Waals surface area contributed by atoms with Gasteiger partial charge in [0.15, 0.2) is 17.4 Å². The summed E-state index contributed by atoms with van der Waals surface area (Å²) in [5.74, 6) is 0. The lowest BCUT2D eigenvalue weighted by Crippen LogP contribution is -1.96. The molecule has 0 aliphatic heterocycles. The first-order valence-corrected chi connectivity index (χ1v) is 4.31. The standard InChI is InChI=1S/C8H5NOS2/c9-6-12-10-8(11)7-4-2-1-3-5-7/h1-5H. The Morgan fingerprint density at radius 1 is 1.42 bits per heavy atom. The minimum Gasteiger partial charge on any atom is -0.398 e. The fourth-order valence-electron chi connectivity index (χ4n) is 0.679. The highest BCUT2D eigenvalue weighted by molar-refractivity contribution is 8.00. The van der Waals surface area contributed by atoms with E-state index in [4.69, 9.17) is 21.7 Å². The van der Waals surface area contributed by atoms with Crippen LogP contribution < -0.4 is 0 Å².